The van der Waals surface area contributed by atoms with Crippen LogP contribution in [0.15, 0.2) is 30.3 Å². The maximum absolute atomic E-state index is 3.46. The van der Waals surface area contributed by atoms with Crippen LogP contribution in [0.3, 0.4) is 0 Å². The molecular weight excluding hydrogens is 226 g/mol. The number of rotatable bonds is 5. The molecule has 1 rings (SSSR count). The smallest absolute Gasteiger partial charge is 0.0233 e. The topological polar surface area (TPSA) is 3.24 Å². The lowest BCUT2D eigenvalue weighted by Crippen LogP contribution is -2.24. The Balaban J connectivity index is 2.46. The van der Waals surface area contributed by atoms with Gasteiger partial charge in [-0.3, -0.25) is 4.90 Å². The first-order valence-corrected chi connectivity index (χ1v) is 5.81. The Morgan fingerprint density at radius 3 is 2.46 bits per heavy atom. The monoisotopic (exact) mass is 241 g/mol. The van der Waals surface area contributed by atoms with Crippen LogP contribution in [0.2, 0.25) is 0 Å². The summed E-state index contributed by atoms with van der Waals surface area (Å²) >= 11 is 3.46. The van der Waals surface area contributed by atoms with E-state index in [0.29, 0.717) is 0 Å². The summed E-state index contributed by atoms with van der Waals surface area (Å²) in [4.78, 5) is 2.42. The van der Waals surface area contributed by atoms with Gasteiger partial charge in [0.15, 0.2) is 0 Å². The molecule has 1 nitrogen and oxygen atoms in total. The van der Waals surface area contributed by atoms with Crippen LogP contribution in [0, 0.1) is 0 Å². The molecule has 0 aromatic heterocycles. The summed E-state index contributed by atoms with van der Waals surface area (Å²) < 4.78 is 0. The summed E-state index contributed by atoms with van der Waals surface area (Å²) in [5.74, 6) is 0. The number of halogens is 1. The minimum atomic E-state index is 1.05. The molecule has 0 N–H and O–H groups in total. The van der Waals surface area contributed by atoms with Gasteiger partial charge in [0.25, 0.3) is 0 Å². The van der Waals surface area contributed by atoms with Crippen LogP contribution in [0.1, 0.15) is 12.5 Å². The SMILES string of the molecule is CCN(CCBr)Cc1ccccc1. The van der Waals surface area contributed by atoms with Gasteiger partial charge < -0.3 is 0 Å². The van der Waals surface area contributed by atoms with Crippen LogP contribution in [0.25, 0.3) is 0 Å². The predicted octanol–water partition coefficient (Wildman–Crippen LogP) is 2.90. The van der Waals surface area contributed by atoms with Crippen molar-refractivity contribution in [1.29, 1.82) is 0 Å². The van der Waals surface area contributed by atoms with Gasteiger partial charge in [-0.2, -0.15) is 0 Å². The minimum Gasteiger partial charge on any atom is -0.299 e. The summed E-state index contributed by atoms with van der Waals surface area (Å²) in [6.45, 7) is 5.49. The average Bonchev–Trinajstić information content (AvgIpc) is 2.19. The second-order valence-corrected chi connectivity index (χ2v) is 3.84. The quantitative estimate of drug-likeness (QED) is 0.717. The van der Waals surface area contributed by atoms with E-state index in [-0.39, 0.29) is 0 Å². The van der Waals surface area contributed by atoms with Gasteiger partial charge in [0.05, 0.1) is 0 Å². The summed E-state index contributed by atoms with van der Waals surface area (Å²) in [5.41, 5.74) is 1.39. The van der Waals surface area contributed by atoms with E-state index < -0.39 is 0 Å². The first kappa shape index (κ1) is 10.7. The molecular formula is C11H16BrN. The molecule has 0 amide bonds. The van der Waals surface area contributed by atoms with Crippen molar-refractivity contribution in [3.8, 4) is 0 Å². The zero-order valence-electron chi connectivity index (χ0n) is 8.04. The highest BCUT2D eigenvalue weighted by atomic mass is 79.9. The molecule has 13 heavy (non-hydrogen) atoms. The zero-order valence-corrected chi connectivity index (χ0v) is 9.63. The molecule has 0 heterocycles. The van der Waals surface area contributed by atoms with Crippen molar-refractivity contribution in [3.63, 3.8) is 0 Å². The lowest BCUT2D eigenvalue weighted by Gasteiger charge is -2.18. The normalized spacial score (nSPS) is 10.7. The third-order valence-electron chi connectivity index (χ3n) is 2.10. The lowest BCUT2D eigenvalue weighted by molar-refractivity contribution is 0.299. The van der Waals surface area contributed by atoms with E-state index in [1.165, 1.54) is 5.56 Å². The van der Waals surface area contributed by atoms with Gasteiger partial charge in [0.2, 0.25) is 0 Å². The van der Waals surface area contributed by atoms with Crippen molar-refractivity contribution in [3.05, 3.63) is 35.9 Å². The lowest BCUT2D eigenvalue weighted by atomic mass is 10.2. The van der Waals surface area contributed by atoms with Gasteiger partial charge in [0.1, 0.15) is 0 Å². The molecule has 0 aliphatic heterocycles. The van der Waals surface area contributed by atoms with Crippen LogP contribution in [-0.4, -0.2) is 23.3 Å². The molecule has 0 bridgehead atoms. The second kappa shape index (κ2) is 6.17. The highest BCUT2D eigenvalue weighted by Crippen LogP contribution is 2.04. The van der Waals surface area contributed by atoms with E-state index in [9.17, 15) is 0 Å². The highest BCUT2D eigenvalue weighted by Gasteiger charge is 2.01. The Bertz CT molecular complexity index is 223. The van der Waals surface area contributed by atoms with Crippen molar-refractivity contribution >= 4 is 15.9 Å². The molecule has 0 aliphatic carbocycles. The highest BCUT2D eigenvalue weighted by molar-refractivity contribution is 9.09. The fourth-order valence-electron chi connectivity index (χ4n) is 1.31. The molecule has 0 saturated heterocycles. The van der Waals surface area contributed by atoms with Gasteiger partial charge in [0, 0.05) is 18.4 Å². The minimum absolute atomic E-state index is 1.05. The zero-order chi connectivity index (χ0) is 9.52. The predicted molar refractivity (Wildman–Crippen MR) is 61.2 cm³/mol. The molecule has 1 aromatic rings. The van der Waals surface area contributed by atoms with Gasteiger partial charge in [-0.05, 0) is 12.1 Å². The van der Waals surface area contributed by atoms with E-state index >= 15 is 0 Å². The molecule has 0 spiro atoms. The Labute approximate surface area is 88.9 Å². The van der Waals surface area contributed by atoms with Crippen LogP contribution in [-0.2, 0) is 6.54 Å². The average molecular weight is 242 g/mol. The Morgan fingerprint density at radius 2 is 1.92 bits per heavy atom. The summed E-state index contributed by atoms with van der Waals surface area (Å²) in [6, 6.07) is 10.6. The van der Waals surface area contributed by atoms with Gasteiger partial charge in [-0.15, -0.1) is 0 Å². The maximum Gasteiger partial charge on any atom is 0.0233 e. The fourth-order valence-corrected chi connectivity index (χ4v) is 1.81. The van der Waals surface area contributed by atoms with E-state index in [1.54, 1.807) is 0 Å². The maximum atomic E-state index is 3.46. The molecule has 0 radical (unpaired) electrons. The summed E-state index contributed by atoms with van der Waals surface area (Å²) in [5, 5.41) is 1.05. The molecule has 72 valence electrons. The number of hydrogen-bond donors (Lipinski definition) is 0. The Hall–Kier alpha value is -0.340. The van der Waals surface area contributed by atoms with E-state index in [0.717, 1.165) is 25.0 Å². The number of hydrogen-bond acceptors (Lipinski definition) is 1. The third-order valence-corrected chi connectivity index (χ3v) is 2.45. The largest absolute Gasteiger partial charge is 0.299 e. The summed E-state index contributed by atoms with van der Waals surface area (Å²) in [6.07, 6.45) is 0. The van der Waals surface area contributed by atoms with E-state index in [1.807, 2.05) is 0 Å². The Morgan fingerprint density at radius 1 is 1.23 bits per heavy atom. The van der Waals surface area contributed by atoms with Gasteiger partial charge in [-0.1, -0.05) is 53.2 Å². The fraction of sp³-hybridized carbons (Fsp3) is 0.455. The van der Waals surface area contributed by atoms with E-state index in [4.69, 9.17) is 0 Å². The second-order valence-electron chi connectivity index (χ2n) is 3.04. The van der Waals surface area contributed by atoms with Gasteiger partial charge >= 0.3 is 0 Å². The molecule has 0 unspecified atom stereocenters. The van der Waals surface area contributed by atoms with Crippen molar-refractivity contribution in [2.75, 3.05) is 18.4 Å². The molecule has 0 aliphatic rings. The first-order chi connectivity index (χ1) is 6.36. The summed E-state index contributed by atoms with van der Waals surface area (Å²) in [7, 11) is 0. The molecule has 0 fully saturated rings. The Kier molecular flexibility index (Phi) is 5.09. The molecule has 0 saturated carbocycles. The van der Waals surface area contributed by atoms with Crippen molar-refractivity contribution in [2.24, 2.45) is 0 Å². The van der Waals surface area contributed by atoms with Crippen molar-refractivity contribution < 1.29 is 0 Å². The third kappa shape index (κ3) is 3.92. The van der Waals surface area contributed by atoms with E-state index in [2.05, 4.69) is 58.1 Å². The first-order valence-electron chi connectivity index (χ1n) is 4.69. The van der Waals surface area contributed by atoms with Crippen LogP contribution in [0.4, 0.5) is 0 Å². The molecule has 0 atom stereocenters. The number of nitrogens with zero attached hydrogens (tertiary/aromatic N) is 1. The standard InChI is InChI=1S/C11H16BrN/c1-2-13(9-8-12)10-11-6-4-3-5-7-11/h3-7H,2,8-10H2,1H3. The van der Waals surface area contributed by atoms with Crippen molar-refractivity contribution in [1.82, 2.24) is 4.90 Å². The number of alkyl halides is 1. The number of benzene rings is 1. The molecule has 2 heteroatoms. The van der Waals surface area contributed by atoms with Crippen LogP contribution >= 0.6 is 15.9 Å². The van der Waals surface area contributed by atoms with Gasteiger partial charge in [-0.25, -0.2) is 0 Å². The van der Waals surface area contributed by atoms with Crippen LogP contribution in [0.5, 0.6) is 0 Å². The molecule has 1 aromatic carbocycles. The van der Waals surface area contributed by atoms with Crippen molar-refractivity contribution in [2.45, 2.75) is 13.5 Å². The van der Waals surface area contributed by atoms with Crippen LogP contribution < -0.4 is 0 Å².